The second-order valence-corrected chi connectivity index (χ2v) is 44.7. The highest BCUT2D eigenvalue weighted by Gasteiger charge is 2.29. The fourth-order valence-electron chi connectivity index (χ4n) is 13.8. The zero-order valence-electron chi connectivity index (χ0n) is 77.3. The molecule has 12 N–H and O–H groups in total. The van der Waals surface area contributed by atoms with Crippen LogP contribution in [0, 0.1) is 38.0 Å². The van der Waals surface area contributed by atoms with Crippen molar-refractivity contribution < 1.29 is 9.47 Å². The molecule has 0 aliphatic rings. The summed E-state index contributed by atoms with van der Waals surface area (Å²) in [6.45, 7) is 65.4. The van der Waals surface area contributed by atoms with Crippen LogP contribution in [-0.4, -0.2) is 49.6 Å². The fraction of sp³-hybridized carbons (Fsp3) is 0.576. The highest BCUT2D eigenvalue weighted by Crippen LogP contribution is 2.44. The van der Waals surface area contributed by atoms with E-state index in [9.17, 15) is 0 Å². The number of nitrogen functional groups attached to an aromatic ring is 6. The van der Waals surface area contributed by atoms with Crippen molar-refractivity contribution in [3.8, 4) is 5.75 Å². The summed E-state index contributed by atoms with van der Waals surface area (Å²) in [6.07, 6.45) is 14.9. The molecule has 2 atom stereocenters. The van der Waals surface area contributed by atoms with Gasteiger partial charge in [-0.2, -0.15) is 0 Å². The SMILES string of the molecule is CC(C)Sc1c(N)cc(C(C)(C)C)cc1Cl.CCCCC(CC)CSc1ccc(C(C)(C)CC(C)(C)C)cc1N.CCCCC(CC)CSc1ccc(C(C)(C)CC)cc1N.COCCSc1cc(OC)c(C(C)(C)C)cc1N.CSc1cc(C)c(C(C)(C)C)cc1N.Cc1cc(SCc2ccccc2)c(N)c(C)c1C(C)(C)C. The third-order valence-corrected chi connectivity index (χ3v) is 27.8. The number of aryl methyl sites for hydroxylation is 2. The number of rotatable bonds is 29. The molecule has 0 aliphatic heterocycles. The topological polar surface area (TPSA) is 175 Å². The molecule has 0 saturated carbocycles. The first-order valence-electron chi connectivity index (χ1n) is 41.7. The smallest absolute Gasteiger partial charge is 0.123 e. The van der Waals surface area contributed by atoms with Crippen LogP contribution in [0.3, 0.4) is 0 Å². The molecule has 0 radical (unpaired) electrons. The van der Waals surface area contributed by atoms with Gasteiger partial charge in [0.1, 0.15) is 5.75 Å². The zero-order valence-corrected chi connectivity index (χ0v) is 83.0. The average Bonchev–Trinajstić information content (AvgIpc) is 0.805. The third kappa shape index (κ3) is 36.6. The number of benzene rings is 7. The maximum Gasteiger partial charge on any atom is 0.123 e. The number of hydrogen-bond donors (Lipinski definition) is 6. The van der Waals surface area contributed by atoms with E-state index in [4.69, 9.17) is 55.5 Å². The molecule has 0 saturated heterocycles. The van der Waals surface area contributed by atoms with Crippen molar-refractivity contribution in [1.29, 1.82) is 0 Å². The predicted molar refractivity (Wildman–Crippen MR) is 526 cm³/mol. The first kappa shape index (κ1) is 106. The number of anilines is 6. The summed E-state index contributed by atoms with van der Waals surface area (Å²) in [5.74, 6) is 6.75. The van der Waals surface area contributed by atoms with E-state index in [2.05, 4.69) is 292 Å². The Morgan fingerprint density at radius 1 is 0.465 bits per heavy atom. The molecule has 2 unspecified atom stereocenters. The average molecular weight is 1690 g/mol. The van der Waals surface area contributed by atoms with Crippen LogP contribution in [0.5, 0.6) is 5.75 Å². The van der Waals surface area contributed by atoms with E-state index in [1.54, 1.807) is 49.5 Å². The molecule has 0 amide bonds. The predicted octanol–water partition coefficient (Wildman–Crippen LogP) is 30.7. The Kier molecular flexibility index (Phi) is 45.6. The van der Waals surface area contributed by atoms with Crippen molar-refractivity contribution >= 4 is 116 Å². The van der Waals surface area contributed by atoms with Gasteiger partial charge in [-0.1, -0.05) is 273 Å². The molecule has 114 heavy (non-hydrogen) atoms. The number of nitrogens with two attached hydrogens (primary N) is 6. The van der Waals surface area contributed by atoms with E-state index in [-0.39, 0.29) is 32.5 Å². The number of unbranched alkanes of at least 4 members (excludes halogenated alkanes) is 2. The molecule has 0 spiro atoms. The summed E-state index contributed by atoms with van der Waals surface area (Å²) in [5.41, 5.74) is 56.6. The molecular formula is C99H159ClN6O2S6. The van der Waals surface area contributed by atoms with Crippen LogP contribution in [0.4, 0.5) is 34.1 Å². The molecule has 640 valence electrons. The van der Waals surface area contributed by atoms with Gasteiger partial charge in [-0.25, -0.2) is 0 Å². The Labute approximate surface area is 729 Å². The van der Waals surface area contributed by atoms with Gasteiger partial charge in [-0.05, 0) is 219 Å². The van der Waals surface area contributed by atoms with Gasteiger partial charge in [-0.15, -0.1) is 70.6 Å². The summed E-state index contributed by atoms with van der Waals surface area (Å²) >= 11 is 17.1. The van der Waals surface area contributed by atoms with Crippen LogP contribution in [-0.2, 0) is 43.0 Å². The number of thioether (sulfide) groups is 6. The molecule has 7 aromatic carbocycles. The van der Waals surface area contributed by atoms with E-state index >= 15 is 0 Å². The highest BCUT2D eigenvalue weighted by molar-refractivity contribution is 8.00. The van der Waals surface area contributed by atoms with Gasteiger partial charge in [0.05, 0.1) is 18.7 Å². The van der Waals surface area contributed by atoms with Crippen LogP contribution >= 0.6 is 82.2 Å². The van der Waals surface area contributed by atoms with Crippen LogP contribution in [0.15, 0.2) is 139 Å². The lowest BCUT2D eigenvalue weighted by Gasteiger charge is -2.33. The van der Waals surface area contributed by atoms with E-state index in [0.29, 0.717) is 17.3 Å². The van der Waals surface area contributed by atoms with E-state index in [0.717, 1.165) is 96.4 Å². The fourth-order valence-corrected chi connectivity index (χ4v) is 20.0. The van der Waals surface area contributed by atoms with E-state index in [1.807, 2.05) is 59.6 Å². The molecule has 0 fully saturated rings. The van der Waals surface area contributed by atoms with Crippen LogP contribution < -0.4 is 39.1 Å². The summed E-state index contributed by atoms with van der Waals surface area (Å²) in [6, 6.07) is 38.6. The Morgan fingerprint density at radius 3 is 1.35 bits per heavy atom. The first-order valence-corrected chi connectivity index (χ1v) is 48.2. The summed E-state index contributed by atoms with van der Waals surface area (Å²) in [7, 11) is 3.40. The summed E-state index contributed by atoms with van der Waals surface area (Å²) < 4.78 is 10.5. The van der Waals surface area contributed by atoms with Gasteiger partial charge in [0, 0.05) is 104 Å². The maximum absolute atomic E-state index is 6.39. The molecule has 15 heteroatoms. The minimum Gasteiger partial charge on any atom is -0.496 e. The van der Waals surface area contributed by atoms with Gasteiger partial charge in [0.2, 0.25) is 0 Å². The maximum atomic E-state index is 6.39. The van der Waals surface area contributed by atoms with Gasteiger partial charge in [0.25, 0.3) is 0 Å². The second kappa shape index (κ2) is 49.3. The normalized spacial score (nSPS) is 12.5. The minimum absolute atomic E-state index is 0.0230. The number of ether oxygens (including phenoxy) is 2. The quantitative estimate of drug-likeness (QED) is 0.0148. The van der Waals surface area contributed by atoms with Crippen LogP contribution in [0.1, 0.15) is 300 Å². The van der Waals surface area contributed by atoms with Gasteiger partial charge >= 0.3 is 0 Å². The second-order valence-electron chi connectivity index (χ2n) is 37.6. The monoisotopic (exact) mass is 1690 g/mol. The molecule has 0 aliphatic carbocycles. The summed E-state index contributed by atoms with van der Waals surface area (Å²) in [5, 5.41) is 1.25. The summed E-state index contributed by atoms with van der Waals surface area (Å²) in [4.78, 5) is 6.93. The molecule has 0 bridgehead atoms. The van der Waals surface area contributed by atoms with Crippen molar-refractivity contribution in [2.75, 3.05) is 78.7 Å². The molecule has 0 heterocycles. The lowest BCUT2D eigenvalue weighted by molar-refractivity contribution is 0.218. The molecule has 8 nitrogen and oxygen atoms in total. The largest absolute Gasteiger partial charge is 0.496 e. The van der Waals surface area contributed by atoms with Crippen LogP contribution in [0.25, 0.3) is 0 Å². The molecule has 7 rings (SSSR count). The minimum atomic E-state index is 0.0230. The zero-order chi connectivity index (χ0) is 87.1. The Morgan fingerprint density at radius 2 is 0.939 bits per heavy atom. The Bertz CT molecular complexity index is 3960. The van der Waals surface area contributed by atoms with Crippen molar-refractivity contribution in [3.05, 3.63) is 170 Å². The van der Waals surface area contributed by atoms with Crippen molar-refractivity contribution in [2.45, 2.75) is 338 Å². The molecular weight excluding hydrogens is 1530 g/mol. The van der Waals surface area contributed by atoms with Gasteiger partial charge in [0.15, 0.2) is 0 Å². The first-order chi connectivity index (χ1) is 52.8. The lowest BCUT2D eigenvalue weighted by atomic mass is 9.72. The lowest BCUT2D eigenvalue weighted by Crippen LogP contribution is -2.25. The molecule has 7 aromatic rings. The standard InChI is InChI=1S/C22H39NS.C19H25NS.C19H33NS.C14H23NO2S.C13H20ClNS.C12H19NS/c1-8-10-11-17(9-2)15-24-20-13-12-18(14-19(20)23)22(6,7)16-21(3,4)5;1-13-11-16(21-12-15-9-7-6-8-10-15)18(20)14(2)17(13)19(3,4)5;1-6-9-10-15(7-2)14-21-18-12-11-16(13-17(18)20)19(4,5)8-3;1-14(2,3)10-8-11(15)13(9-12(10)17-5)18-7-6-16-4;1-8(2)16-12-10(14)6-9(7-11(12)15)13(3,4)5;1-8-6-11(14-5)10(13)7-9(8)12(2,3)4/h12-14,17H,8-11,15-16,23H2,1-7H3;6-11H,12,20H2,1-5H3;11-13,15H,6-10,14,20H2,1-5H3;8-9H,6-7,15H2,1-5H3;6-8H,15H2,1-5H3;6-7H,13H2,1-5H3. The van der Waals surface area contributed by atoms with Gasteiger partial charge < -0.3 is 43.9 Å². The third-order valence-electron chi connectivity index (χ3n) is 20.6. The molecule has 0 aromatic heterocycles. The number of methoxy groups -OCH3 is 2. The number of halogens is 1. The Balaban J connectivity index is 0.000000468. The van der Waals surface area contributed by atoms with Crippen LogP contribution in [0.2, 0.25) is 5.02 Å². The van der Waals surface area contributed by atoms with Crippen molar-refractivity contribution in [2.24, 2.45) is 17.3 Å². The number of hydrogen-bond acceptors (Lipinski definition) is 14. The Hall–Kier alpha value is -4.51. The van der Waals surface area contributed by atoms with E-state index in [1.165, 1.54) is 133 Å². The van der Waals surface area contributed by atoms with Gasteiger partial charge in [-0.3, -0.25) is 0 Å². The van der Waals surface area contributed by atoms with Crippen molar-refractivity contribution in [3.63, 3.8) is 0 Å². The van der Waals surface area contributed by atoms with E-state index < -0.39 is 0 Å². The van der Waals surface area contributed by atoms with Crippen molar-refractivity contribution in [1.82, 2.24) is 0 Å². The highest BCUT2D eigenvalue weighted by atomic mass is 35.5.